The lowest BCUT2D eigenvalue weighted by molar-refractivity contribution is 0.833. The molecule has 1 aromatic carbocycles. The molecule has 2 rings (SSSR count). The fourth-order valence-electron chi connectivity index (χ4n) is 1.69. The predicted molar refractivity (Wildman–Crippen MR) is 63.9 cm³/mol. The van der Waals surface area contributed by atoms with Crippen molar-refractivity contribution in [2.45, 2.75) is 19.8 Å². The second kappa shape index (κ2) is 4.11. The Hall–Kier alpha value is -0.860. The van der Waals surface area contributed by atoms with Crippen molar-refractivity contribution >= 4 is 21.4 Å². The van der Waals surface area contributed by atoms with E-state index in [1.54, 1.807) is 0 Å². The Balaban J connectivity index is 2.31. The van der Waals surface area contributed by atoms with E-state index in [1.807, 2.05) is 11.3 Å². The van der Waals surface area contributed by atoms with Gasteiger partial charge in [0.15, 0.2) is 0 Å². The van der Waals surface area contributed by atoms with Crippen LogP contribution in [-0.4, -0.2) is 6.54 Å². The van der Waals surface area contributed by atoms with E-state index in [4.69, 9.17) is 5.73 Å². The first-order valence-corrected chi connectivity index (χ1v) is 5.80. The van der Waals surface area contributed by atoms with Gasteiger partial charge in [0.05, 0.1) is 0 Å². The number of aryl methyl sites for hydroxylation is 2. The molecular formula is C12H15NS. The van der Waals surface area contributed by atoms with Crippen LogP contribution in [0.15, 0.2) is 24.3 Å². The minimum Gasteiger partial charge on any atom is -0.330 e. The molecule has 0 unspecified atom stereocenters. The fourth-order valence-corrected chi connectivity index (χ4v) is 2.59. The van der Waals surface area contributed by atoms with Gasteiger partial charge in [-0.05, 0) is 49.4 Å². The third kappa shape index (κ3) is 1.97. The van der Waals surface area contributed by atoms with Gasteiger partial charge < -0.3 is 5.73 Å². The quantitative estimate of drug-likeness (QED) is 0.818. The van der Waals surface area contributed by atoms with Gasteiger partial charge in [0, 0.05) is 9.58 Å². The van der Waals surface area contributed by atoms with Crippen molar-refractivity contribution in [3.8, 4) is 0 Å². The highest BCUT2D eigenvalue weighted by Gasteiger charge is 1.99. The summed E-state index contributed by atoms with van der Waals surface area (Å²) in [5.74, 6) is 0. The number of hydrogen-bond acceptors (Lipinski definition) is 2. The molecule has 0 spiro atoms. The van der Waals surface area contributed by atoms with Crippen LogP contribution in [0.1, 0.15) is 16.9 Å². The molecule has 0 saturated heterocycles. The maximum Gasteiger partial charge on any atom is 0.0345 e. The van der Waals surface area contributed by atoms with Crippen LogP contribution >= 0.6 is 11.3 Å². The van der Waals surface area contributed by atoms with Crippen LogP contribution < -0.4 is 5.73 Å². The highest BCUT2D eigenvalue weighted by atomic mass is 32.1. The second-order valence-electron chi connectivity index (χ2n) is 3.62. The van der Waals surface area contributed by atoms with Crippen LogP contribution in [0.25, 0.3) is 10.1 Å². The van der Waals surface area contributed by atoms with E-state index in [0.717, 1.165) is 19.4 Å². The van der Waals surface area contributed by atoms with E-state index in [0.29, 0.717) is 0 Å². The van der Waals surface area contributed by atoms with Gasteiger partial charge in [-0.25, -0.2) is 0 Å². The van der Waals surface area contributed by atoms with Gasteiger partial charge in [-0.1, -0.05) is 12.1 Å². The molecular weight excluding hydrogens is 190 g/mol. The van der Waals surface area contributed by atoms with E-state index < -0.39 is 0 Å². The Morgan fingerprint density at radius 2 is 2.14 bits per heavy atom. The summed E-state index contributed by atoms with van der Waals surface area (Å²) in [5, 5.41) is 1.38. The van der Waals surface area contributed by atoms with Crippen LogP contribution in [-0.2, 0) is 6.42 Å². The Morgan fingerprint density at radius 1 is 1.29 bits per heavy atom. The summed E-state index contributed by atoms with van der Waals surface area (Å²) in [4.78, 5) is 1.39. The maximum atomic E-state index is 5.50. The maximum absolute atomic E-state index is 5.50. The lowest BCUT2D eigenvalue weighted by Crippen LogP contribution is -1.99. The van der Waals surface area contributed by atoms with Gasteiger partial charge in [0.2, 0.25) is 0 Å². The molecule has 0 aliphatic carbocycles. The summed E-state index contributed by atoms with van der Waals surface area (Å²) in [5.41, 5.74) is 6.90. The second-order valence-corrected chi connectivity index (χ2v) is 4.91. The Morgan fingerprint density at radius 3 is 2.93 bits per heavy atom. The Bertz CT molecular complexity index is 431. The average Bonchev–Trinajstić information content (AvgIpc) is 2.54. The summed E-state index contributed by atoms with van der Waals surface area (Å²) in [7, 11) is 0. The highest BCUT2D eigenvalue weighted by Crippen LogP contribution is 2.25. The van der Waals surface area contributed by atoms with Crippen molar-refractivity contribution < 1.29 is 0 Å². The van der Waals surface area contributed by atoms with Crippen LogP contribution in [0, 0.1) is 6.92 Å². The minimum absolute atomic E-state index is 0.778. The molecule has 0 amide bonds. The number of thiophene rings is 1. The van der Waals surface area contributed by atoms with Crippen molar-refractivity contribution in [3.63, 3.8) is 0 Å². The van der Waals surface area contributed by atoms with E-state index in [9.17, 15) is 0 Å². The summed E-state index contributed by atoms with van der Waals surface area (Å²) in [6.45, 7) is 2.94. The van der Waals surface area contributed by atoms with E-state index in [1.165, 1.54) is 20.5 Å². The number of fused-ring (bicyclic) bond motifs is 1. The molecule has 14 heavy (non-hydrogen) atoms. The highest BCUT2D eigenvalue weighted by molar-refractivity contribution is 7.19. The molecule has 0 bridgehead atoms. The summed E-state index contributed by atoms with van der Waals surface area (Å²) in [6, 6.07) is 8.98. The first-order chi connectivity index (χ1) is 6.79. The van der Waals surface area contributed by atoms with Crippen molar-refractivity contribution in [2.75, 3.05) is 6.54 Å². The number of benzene rings is 1. The zero-order chi connectivity index (χ0) is 9.97. The standard InChI is InChI=1S/C12H15NS/c1-9-7-11-8-10(3-2-6-13)4-5-12(11)14-9/h4-5,7-8H,2-3,6,13H2,1H3. The van der Waals surface area contributed by atoms with Gasteiger partial charge in [-0.2, -0.15) is 0 Å². The lowest BCUT2D eigenvalue weighted by Gasteiger charge is -1.99. The van der Waals surface area contributed by atoms with Gasteiger partial charge in [0.1, 0.15) is 0 Å². The molecule has 0 atom stereocenters. The molecule has 0 aliphatic rings. The van der Waals surface area contributed by atoms with Crippen molar-refractivity contribution in [3.05, 3.63) is 34.7 Å². The molecule has 0 fully saturated rings. The van der Waals surface area contributed by atoms with E-state index in [2.05, 4.69) is 31.2 Å². The monoisotopic (exact) mass is 205 g/mol. The van der Waals surface area contributed by atoms with Crippen LogP contribution in [0.3, 0.4) is 0 Å². The van der Waals surface area contributed by atoms with Gasteiger partial charge in [0.25, 0.3) is 0 Å². The normalized spacial score (nSPS) is 11.0. The summed E-state index contributed by atoms with van der Waals surface area (Å²) in [6.07, 6.45) is 2.18. The SMILES string of the molecule is Cc1cc2cc(CCCN)ccc2s1. The number of nitrogens with two attached hydrogens (primary N) is 1. The molecule has 2 aromatic rings. The summed E-state index contributed by atoms with van der Waals surface area (Å²) < 4.78 is 1.39. The Kier molecular flexibility index (Phi) is 2.85. The zero-order valence-electron chi connectivity index (χ0n) is 8.42. The van der Waals surface area contributed by atoms with Gasteiger partial charge >= 0.3 is 0 Å². The third-order valence-electron chi connectivity index (χ3n) is 2.37. The third-order valence-corrected chi connectivity index (χ3v) is 3.41. The molecule has 0 saturated carbocycles. The molecule has 1 aromatic heterocycles. The first-order valence-electron chi connectivity index (χ1n) is 4.99. The molecule has 2 heteroatoms. The first kappa shape index (κ1) is 9.69. The van der Waals surface area contributed by atoms with Crippen LogP contribution in [0.2, 0.25) is 0 Å². The zero-order valence-corrected chi connectivity index (χ0v) is 9.23. The molecule has 0 aliphatic heterocycles. The summed E-state index contributed by atoms with van der Waals surface area (Å²) >= 11 is 1.86. The molecule has 1 nitrogen and oxygen atoms in total. The van der Waals surface area contributed by atoms with Gasteiger partial charge in [-0.15, -0.1) is 11.3 Å². The molecule has 2 N–H and O–H groups in total. The van der Waals surface area contributed by atoms with Gasteiger partial charge in [-0.3, -0.25) is 0 Å². The van der Waals surface area contributed by atoms with Crippen LogP contribution in [0.4, 0.5) is 0 Å². The van der Waals surface area contributed by atoms with Crippen molar-refractivity contribution in [2.24, 2.45) is 5.73 Å². The van der Waals surface area contributed by atoms with Crippen molar-refractivity contribution in [1.82, 2.24) is 0 Å². The molecule has 1 heterocycles. The minimum atomic E-state index is 0.778. The largest absolute Gasteiger partial charge is 0.330 e. The van der Waals surface area contributed by atoms with Crippen LogP contribution in [0.5, 0.6) is 0 Å². The predicted octanol–water partition coefficient (Wildman–Crippen LogP) is 3.10. The number of rotatable bonds is 3. The van der Waals surface area contributed by atoms with E-state index >= 15 is 0 Å². The lowest BCUT2D eigenvalue weighted by atomic mass is 10.1. The average molecular weight is 205 g/mol. The molecule has 0 radical (unpaired) electrons. The smallest absolute Gasteiger partial charge is 0.0345 e. The van der Waals surface area contributed by atoms with Crippen molar-refractivity contribution in [1.29, 1.82) is 0 Å². The number of hydrogen-bond donors (Lipinski definition) is 1. The Labute approximate surface area is 88.6 Å². The fraction of sp³-hybridized carbons (Fsp3) is 0.333. The molecule has 74 valence electrons. The topological polar surface area (TPSA) is 26.0 Å². The van der Waals surface area contributed by atoms with E-state index in [-0.39, 0.29) is 0 Å².